The van der Waals surface area contributed by atoms with E-state index in [0.717, 1.165) is 0 Å². The van der Waals surface area contributed by atoms with Crippen LogP contribution in [0.15, 0.2) is 60.7 Å². The summed E-state index contributed by atoms with van der Waals surface area (Å²) < 4.78 is 68.2. The molecule has 1 atom stereocenters. The number of benzene rings is 3. The summed E-state index contributed by atoms with van der Waals surface area (Å²) in [6.07, 6.45) is -4.93. The molecule has 3 aromatic carbocycles. The van der Waals surface area contributed by atoms with Gasteiger partial charge in [-0.1, -0.05) is 23.7 Å². The summed E-state index contributed by atoms with van der Waals surface area (Å²) in [6, 6.07) is 16.2. The third kappa shape index (κ3) is 7.03. The molecule has 0 bridgehead atoms. The van der Waals surface area contributed by atoms with E-state index in [1.165, 1.54) is 12.1 Å². The van der Waals surface area contributed by atoms with Crippen molar-refractivity contribution in [1.29, 1.82) is 0 Å². The second-order valence-electron chi connectivity index (χ2n) is 8.78. The SMILES string of the molecule is CCOP(=O)([O-])c1c(C)c2cc(-c3ccc(Cl)c(OC(F)(F)F)c3)ccc2n1-c1ccc(OC(C)C)cc1.[Na+]. The second-order valence-corrected chi connectivity index (χ2v) is 10.9. The molecule has 4 aromatic rings. The summed E-state index contributed by atoms with van der Waals surface area (Å²) in [4.78, 5) is 13.2. The molecule has 1 heterocycles. The average Bonchev–Trinajstić information content (AvgIpc) is 3.12. The van der Waals surface area contributed by atoms with Crippen molar-refractivity contribution in [1.82, 2.24) is 4.57 Å². The molecule has 1 unspecified atom stereocenters. The molecule has 0 spiro atoms. The Morgan fingerprint density at radius 2 is 1.64 bits per heavy atom. The predicted octanol–water partition coefficient (Wildman–Crippen LogP) is 4.16. The fourth-order valence-corrected chi connectivity index (χ4v) is 5.88. The maximum atomic E-state index is 13.2. The van der Waals surface area contributed by atoms with Gasteiger partial charge in [0.1, 0.15) is 11.5 Å². The Labute approximate surface area is 251 Å². The van der Waals surface area contributed by atoms with Gasteiger partial charge in [-0.25, -0.2) is 0 Å². The molecule has 0 amide bonds. The number of hydrogen-bond acceptors (Lipinski definition) is 5. The van der Waals surface area contributed by atoms with E-state index < -0.39 is 19.7 Å². The van der Waals surface area contributed by atoms with E-state index in [0.29, 0.717) is 39.0 Å². The largest absolute Gasteiger partial charge is 1.00 e. The summed E-state index contributed by atoms with van der Waals surface area (Å²) in [5.41, 5.74) is 2.54. The minimum Gasteiger partial charge on any atom is -0.774 e. The first kappa shape index (κ1) is 31.6. The van der Waals surface area contributed by atoms with Crippen LogP contribution in [0.3, 0.4) is 0 Å². The zero-order valence-electron chi connectivity index (χ0n) is 22.0. The first-order valence-corrected chi connectivity index (χ1v) is 13.7. The van der Waals surface area contributed by atoms with E-state index in [4.69, 9.17) is 20.9 Å². The topological polar surface area (TPSA) is 72.8 Å². The monoisotopic (exact) mass is 589 g/mol. The van der Waals surface area contributed by atoms with Crippen molar-refractivity contribution in [2.45, 2.75) is 40.2 Å². The van der Waals surface area contributed by atoms with Crippen LogP contribution in [0.1, 0.15) is 26.3 Å². The number of nitrogens with zero attached hydrogens (tertiary/aromatic N) is 1. The summed E-state index contributed by atoms with van der Waals surface area (Å²) >= 11 is 5.90. The quantitative estimate of drug-likeness (QED) is 0.228. The molecule has 0 saturated carbocycles. The molecule has 12 heteroatoms. The third-order valence-corrected chi connectivity index (χ3v) is 7.67. The summed E-state index contributed by atoms with van der Waals surface area (Å²) in [7, 11) is -4.50. The average molecular weight is 590 g/mol. The van der Waals surface area contributed by atoms with Gasteiger partial charge in [-0.15, -0.1) is 13.2 Å². The van der Waals surface area contributed by atoms with Gasteiger partial charge >= 0.3 is 35.9 Å². The van der Waals surface area contributed by atoms with Gasteiger partial charge in [-0.2, -0.15) is 0 Å². The maximum Gasteiger partial charge on any atom is 1.00 e. The number of aryl methyl sites for hydroxylation is 1. The zero-order chi connectivity index (χ0) is 27.8. The second kappa shape index (κ2) is 12.3. The van der Waals surface area contributed by atoms with Crippen molar-refractivity contribution >= 4 is 35.5 Å². The van der Waals surface area contributed by atoms with E-state index in [1.807, 2.05) is 13.8 Å². The third-order valence-electron chi connectivity index (χ3n) is 5.70. The molecule has 202 valence electrons. The molecule has 39 heavy (non-hydrogen) atoms. The van der Waals surface area contributed by atoms with Crippen LogP contribution in [0, 0.1) is 6.92 Å². The Morgan fingerprint density at radius 1 is 1.03 bits per heavy atom. The predicted molar refractivity (Wildman–Crippen MR) is 140 cm³/mol. The van der Waals surface area contributed by atoms with Crippen LogP contribution in [0.2, 0.25) is 5.02 Å². The molecular formula is C27H25ClF3NNaO5P. The van der Waals surface area contributed by atoms with Crippen LogP contribution in [-0.4, -0.2) is 23.6 Å². The van der Waals surface area contributed by atoms with E-state index in [-0.39, 0.29) is 52.7 Å². The standard InChI is InChI=1S/C27H26ClF3NO5P.Na/c1-5-35-38(33,34)26-17(4)22-14-18(19-6-12-23(28)25(15-19)37-27(29,30)31)7-13-24(22)32(26)20-8-10-21(11-9-20)36-16(2)3;/h6-16H,5H2,1-4H3,(H,33,34);/q;+1/p-1. The van der Waals surface area contributed by atoms with Crippen molar-refractivity contribution in [3.05, 3.63) is 71.2 Å². The van der Waals surface area contributed by atoms with Crippen LogP contribution >= 0.6 is 19.2 Å². The molecule has 0 saturated heterocycles. The molecule has 6 nitrogen and oxygen atoms in total. The van der Waals surface area contributed by atoms with E-state index in [2.05, 4.69) is 4.74 Å². The van der Waals surface area contributed by atoms with Crippen LogP contribution < -0.4 is 49.4 Å². The van der Waals surface area contributed by atoms with E-state index in [9.17, 15) is 22.6 Å². The Balaban J connectivity index is 0.00000420. The van der Waals surface area contributed by atoms with Gasteiger partial charge in [0, 0.05) is 11.1 Å². The molecule has 0 aliphatic heterocycles. The van der Waals surface area contributed by atoms with Gasteiger partial charge in [-0.05, 0) is 92.9 Å². The number of hydrogen-bond donors (Lipinski definition) is 0. The Morgan fingerprint density at radius 3 is 2.23 bits per heavy atom. The zero-order valence-corrected chi connectivity index (χ0v) is 25.7. The summed E-state index contributed by atoms with van der Waals surface area (Å²) in [6.45, 7) is 7.02. The number of alkyl halides is 3. The van der Waals surface area contributed by atoms with E-state index >= 15 is 0 Å². The van der Waals surface area contributed by atoms with E-state index in [1.54, 1.807) is 66.9 Å². The molecule has 0 fully saturated rings. The number of aromatic nitrogens is 1. The molecule has 0 radical (unpaired) electrons. The first-order valence-electron chi connectivity index (χ1n) is 11.7. The van der Waals surface area contributed by atoms with Gasteiger partial charge in [0.15, 0.2) is 7.60 Å². The Kier molecular flexibility index (Phi) is 9.93. The van der Waals surface area contributed by atoms with Crippen LogP contribution in [0.5, 0.6) is 11.5 Å². The minimum absolute atomic E-state index is 0. The Bertz CT molecular complexity index is 1520. The first-order chi connectivity index (χ1) is 17.8. The van der Waals surface area contributed by atoms with Crippen LogP contribution in [0.4, 0.5) is 13.2 Å². The van der Waals surface area contributed by atoms with Gasteiger partial charge < -0.3 is 28.0 Å². The summed E-state index contributed by atoms with van der Waals surface area (Å²) in [5.74, 6) is 0.103. The van der Waals surface area contributed by atoms with Crippen LogP contribution in [-0.2, 0) is 9.09 Å². The van der Waals surface area contributed by atoms with Gasteiger partial charge in [0.05, 0.1) is 28.7 Å². The van der Waals surface area contributed by atoms with Crippen molar-refractivity contribution in [3.8, 4) is 28.3 Å². The normalized spacial score (nSPS) is 13.3. The van der Waals surface area contributed by atoms with Crippen molar-refractivity contribution in [3.63, 3.8) is 0 Å². The van der Waals surface area contributed by atoms with Gasteiger partial charge in [-0.3, -0.25) is 0 Å². The minimum atomic E-state index is -4.90. The molecule has 4 rings (SSSR count). The van der Waals surface area contributed by atoms with Crippen LogP contribution in [0.25, 0.3) is 27.7 Å². The maximum absolute atomic E-state index is 13.2. The smallest absolute Gasteiger partial charge is 0.774 e. The van der Waals surface area contributed by atoms with Crippen molar-refractivity contribution in [2.24, 2.45) is 0 Å². The van der Waals surface area contributed by atoms with Gasteiger partial charge in [0.2, 0.25) is 0 Å². The van der Waals surface area contributed by atoms with Crippen molar-refractivity contribution in [2.75, 3.05) is 6.61 Å². The number of fused-ring (bicyclic) bond motifs is 1. The van der Waals surface area contributed by atoms with Gasteiger partial charge in [0.25, 0.3) is 0 Å². The molecule has 0 N–H and O–H groups in total. The fourth-order valence-electron chi connectivity index (χ4n) is 4.27. The number of halogens is 4. The number of ether oxygens (including phenoxy) is 2. The number of rotatable bonds is 8. The van der Waals surface area contributed by atoms with Crippen molar-refractivity contribution < 1.29 is 66.2 Å². The molecule has 1 aromatic heterocycles. The molecule has 0 aliphatic carbocycles. The summed E-state index contributed by atoms with van der Waals surface area (Å²) in [5, 5.41) is 0.398. The molecular weight excluding hydrogens is 565 g/mol. The fraction of sp³-hybridized carbons (Fsp3) is 0.259. The Hall–Kier alpha value is -1.97. The molecule has 0 aliphatic rings.